The lowest BCUT2D eigenvalue weighted by atomic mass is 10.1. The average molecular weight is 371 g/mol. The summed E-state index contributed by atoms with van der Waals surface area (Å²) in [7, 11) is 5.13. The van der Waals surface area contributed by atoms with Crippen LogP contribution in [0.3, 0.4) is 0 Å². The number of anilines is 1. The van der Waals surface area contributed by atoms with Crippen LogP contribution in [0.25, 0.3) is 17.0 Å². The van der Waals surface area contributed by atoms with Crippen molar-refractivity contribution in [2.45, 2.75) is 6.54 Å². The van der Waals surface area contributed by atoms with Gasteiger partial charge in [0, 0.05) is 42.9 Å². The van der Waals surface area contributed by atoms with Crippen LogP contribution < -0.4 is 4.90 Å². The Bertz CT molecular complexity index is 1030. The standard InChI is InChI=1S/C20H19F2N3O2/c1-24(2)15-6-7-16-18(8-9-20(26)27-3)23-25(19(16)11-15)12-13-4-5-14(21)10-17(13)22/h4-11H,12H2,1-3H3/b9-8+. The van der Waals surface area contributed by atoms with E-state index in [1.807, 2.05) is 37.2 Å². The van der Waals surface area contributed by atoms with Crippen LogP contribution in [0.5, 0.6) is 0 Å². The average Bonchev–Trinajstić information content (AvgIpc) is 2.99. The lowest BCUT2D eigenvalue weighted by Crippen LogP contribution is -2.09. The third kappa shape index (κ3) is 3.97. The minimum Gasteiger partial charge on any atom is -0.466 e. The molecule has 0 saturated heterocycles. The van der Waals surface area contributed by atoms with Crippen LogP contribution in [0.15, 0.2) is 42.5 Å². The number of esters is 1. The minimum atomic E-state index is -0.630. The third-order valence-corrected chi connectivity index (χ3v) is 4.19. The number of rotatable bonds is 5. The van der Waals surface area contributed by atoms with E-state index in [9.17, 15) is 13.6 Å². The summed E-state index contributed by atoms with van der Waals surface area (Å²) in [6, 6.07) is 9.23. The molecule has 0 radical (unpaired) electrons. The lowest BCUT2D eigenvalue weighted by Gasteiger charge is -2.13. The van der Waals surface area contributed by atoms with Gasteiger partial charge in [-0.1, -0.05) is 6.07 Å². The van der Waals surface area contributed by atoms with Gasteiger partial charge in [-0.2, -0.15) is 5.10 Å². The van der Waals surface area contributed by atoms with E-state index in [1.54, 1.807) is 10.8 Å². The topological polar surface area (TPSA) is 47.4 Å². The number of hydrogen-bond acceptors (Lipinski definition) is 4. The Hall–Kier alpha value is -3.22. The molecule has 0 N–H and O–H groups in total. The number of halogens is 2. The molecule has 2 aromatic carbocycles. The molecule has 1 aromatic heterocycles. The zero-order chi connectivity index (χ0) is 19.6. The number of aromatic nitrogens is 2. The van der Waals surface area contributed by atoms with E-state index in [0.29, 0.717) is 11.3 Å². The summed E-state index contributed by atoms with van der Waals surface area (Å²) in [5.74, 6) is -1.75. The molecule has 0 amide bonds. The molecule has 140 valence electrons. The lowest BCUT2D eigenvalue weighted by molar-refractivity contribution is -0.134. The second-order valence-electron chi connectivity index (χ2n) is 6.23. The van der Waals surface area contributed by atoms with Gasteiger partial charge < -0.3 is 9.64 Å². The van der Waals surface area contributed by atoms with Crippen molar-refractivity contribution in [3.63, 3.8) is 0 Å². The molecule has 0 fully saturated rings. The van der Waals surface area contributed by atoms with Crippen LogP contribution in [0.2, 0.25) is 0 Å². The monoisotopic (exact) mass is 371 g/mol. The van der Waals surface area contributed by atoms with E-state index in [0.717, 1.165) is 22.7 Å². The van der Waals surface area contributed by atoms with Gasteiger partial charge in [-0.3, -0.25) is 4.68 Å². The molecule has 27 heavy (non-hydrogen) atoms. The number of fused-ring (bicyclic) bond motifs is 1. The van der Waals surface area contributed by atoms with Crippen molar-refractivity contribution in [1.29, 1.82) is 0 Å². The fraction of sp³-hybridized carbons (Fsp3) is 0.200. The van der Waals surface area contributed by atoms with Crippen molar-refractivity contribution in [2.75, 3.05) is 26.1 Å². The number of hydrogen-bond donors (Lipinski definition) is 0. The fourth-order valence-corrected chi connectivity index (χ4v) is 2.74. The molecule has 0 aliphatic rings. The molecule has 0 spiro atoms. The van der Waals surface area contributed by atoms with Crippen molar-refractivity contribution in [3.8, 4) is 0 Å². The van der Waals surface area contributed by atoms with Gasteiger partial charge in [0.1, 0.15) is 11.6 Å². The molecule has 0 unspecified atom stereocenters. The van der Waals surface area contributed by atoms with Gasteiger partial charge in [0.15, 0.2) is 0 Å². The van der Waals surface area contributed by atoms with Crippen molar-refractivity contribution in [3.05, 3.63) is 65.4 Å². The SMILES string of the molecule is COC(=O)/C=C/c1nn(Cc2ccc(F)cc2F)c2cc(N(C)C)ccc12. The zero-order valence-electron chi connectivity index (χ0n) is 15.2. The van der Waals surface area contributed by atoms with Crippen molar-refractivity contribution in [1.82, 2.24) is 9.78 Å². The highest BCUT2D eigenvalue weighted by Gasteiger charge is 2.13. The smallest absolute Gasteiger partial charge is 0.330 e. The maximum Gasteiger partial charge on any atom is 0.330 e. The van der Waals surface area contributed by atoms with Crippen LogP contribution in [0.1, 0.15) is 11.3 Å². The number of ether oxygens (including phenoxy) is 1. The first-order valence-electron chi connectivity index (χ1n) is 8.27. The molecule has 7 heteroatoms. The van der Waals surface area contributed by atoms with E-state index >= 15 is 0 Å². The molecule has 0 saturated carbocycles. The van der Waals surface area contributed by atoms with Crippen LogP contribution in [0.4, 0.5) is 14.5 Å². The Labute approximate surface area is 155 Å². The number of carbonyl (C=O) groups excluding carboxylic acids is 1. The predicted octanol–water partition coefficient (Wildman–Crippen LogP) is 3.62. The Kier molecular flexibility index (Phi) is 5.21. The van der Waals surface area contributed by atoms with Crippen molar-refractivity contribution in [2.24, 2.45) is 0 Å². The van der Waals surface area contributed by atoms with E-state index in [2.05, 4.69) is 9.84 Å². The van der Waals surface area contributed by atoms with Gasteiger partial charge in [-0.25, -0.2) is 13.6 Å². The highest BCUT2D eigenvalue weighted by Crippen LogP contribution is 2.26. The summed E-state index contributed by atoms with van der Waals surface area (Å²) in [5, 5.41) is 5.31. The Morgan fingerprint density at radius 3 is 2.67 bits per heavy atom. The van der Waals surface area contributed by atoms with Crippen LogP contribution in [-0.4, -0.2) is 37.0 Å². The van der Waals surface area contributed by atoms with E-state index in [4.69, 9.17) is 0 Å². The second-order valence-corrected chi connectivity index (χ2v) is 6.23. The first kappa shape index (κ1) is 18.6. The van der Waals surface area contributed by atoms with Crippen LogP contribution in [0, 0.1) is 11.6 Å². The van der Waals surface area contributed by atoms with Crippen molar-refractivity contribution >= 4 is 28.6 Å². The summed E-state index contributed by atoms with van der Waals surface area (Å²) in [5.41, 5.74) is 2.60. The van der Waals surface area contributed by atoms with Gasteiger partial charge in [-0.15, -0.1) is 0 Å². The molecule has 0 bridgehead atoms. The van der Waals surface area contributed by atoms with Gasteiger partial charge in [0.2, 0.25) is 0 Å². The minimum absolute atomic E-state index is 0.131. The molecule has 3 aromatic rings. The summed E-state index contributed by atoms with van der Waals surface area (Å²) < 4.78 is 33.5. The number of nitrogens with zero attached hydrogens (tertiary/aromatic N) is 3. The normalized spacial score (nSPS) is 11.3. The zero-order valence-corrected chi connectivity index (χ0v) is 15.2. The molecule has 0 aliphatic carbocycles. The predicted molar refractivity (Wildman–Crippen MR) is 101 cm³/mol. The third-order valence-electron chi connectivity index (χ3n) is 4.19. The Balaban J connectivity index is 2.10. The highest BCUT2D eigenvalue weighted by atomic mass is 19.1. The summed E-state index contributed by atoms with van der Waals surface area (Å²) >= 11 is 0. The van der Waals surface area contributed by atoms with E-state index in [-0.39, 0.29) is 6.54 Å². The van der Waals surface area contributed by atoms with E-state index < -0.39 is 17.6 Å². The van der Waals surface area contributed by atoms with Gasteiger partial charge in [0.25, 0.3) is 0 Å². The molecular formula is C20H19F2N3O2. The van der Waals surface area contributed by atoms with Gasteiger partial charge in [0.05, 0.1) is 24.9 Å². The van der Waals surface area contributed by atoms with Crippen LogP contribution in [-0.2, 0) is 16.1 Å². The first-order valence-corrected chi connectivity index (χ1v) is 8.27. The fourth-order valence-electron chi connectivity index (χ4n) is 2.74. The molecule has 1 heterocycles. The molecule has 0 aliphatic heterocycles. The summed E-state index contributed by atoms with van der Waals surface area (Å²) in [6.07, 6.45) is 2.84. The first-order chi connectivity index (χ1) is 12.9. The summed E-state index contributed by atoms with van der Waals surface area (Å²) in [6.45, 7) is 0.131. The maximum absolute atomic E-state index is 14.1. The molecule has 0 atom stereocenters. The molecular weight excluding hydrogens is 352 g/mol. The number of methoxy groups -OCH3 is 1. The summed E-state index contributed by atoms with van der Waals surface area (Å²) in [4.78, 5) is 13.3. The van der Waals surface area contributed by atoms with Crippen molar-refractivity contribution < 1.29 is 18.3 Å². The van der Waals surface area contributed by atoms with Gasteiger partial charge in [-0.05, 0) is 30.3 Å². The Morgan fingerprint density at radius 2 is 2.00 bits per heavy atom. The van der Waals surface area contributed by atoms with Crippen LogP contribution >= 0.6 is 0 Å². The largest absolute Gasteiger partial charge is 0.466 e. The Morgan fingerprint density at radius 1 is 1.22 bits per heavy atom. The highest BCUT2D eigenvalue weighted by molar-refractivity contribution is 5.94. The second kappa shape index (κ2) is 7.57. The number of carbonyl (C=O) groups is 1. The van der Waals surface area contributed by atoms with E-state index in [1.165, 1.54) is 25.3 Å². The maximum atomic E-state index is 14.1. The number of benzene rings is 2. The molecule has 3 rings (SSSR count). The van der Waals surface area contributed by atoms with Gasteiger partial charge >= 0.3 is 5.97 Å². The molecule has 5 nitrogen and oxygen atoms in total. The quantitative estimate of drug-likeness (QED) is 0.508.